The van der Waals surface area contributed by atoms with Gasteiger partial charge < -0.3 is 23.7 Å². The highest BCUT2D eigenvalue weighted by Crippen LogP contribution is 2.44. The molecule has 7 nitrogen and oxygen atoms in total. The average molecular weight is 607 g/mol. The summed E-state index contributed by atoms with van der Waals surface area (Å²) in [6, 6.07) is 17.8. The first kappa shape index (κ1) is 29.9. The van der Waals surface area contributed by atoms with E-state index in [1.807, 2.05) is 12.1 Å². The van der Waals surface area contributed by atoms with Gasteiger partial charge in [0.2, 0.25) is 0 Å². The molecule has 0 atom stereocenters. The van der Waals surface area contributed by atoms with E-state index < -0.39 is 0 Å². The minimum Gasteiger partial charge on any atom is -0.487 e. The summed E-state index contributed by atoms with van der Waals surface area (Å²) in [4.78, 5) is 10.7. The lowest BCUT2D eigenvalue weighted by molar-refractivity contribution is 0.00708. The minimum atomic E-state index is -0.0227. The van der Waals surface area contributed by atoms with E-state index in [9.17, 15) is 0 Å². The van der Waals surface area contributed by atoms with Crippen molar-refractivity contribution in [1.82, 2.24) is 9.97 Å². The van der Waals surface area contributed by atoms with Crippen LogP contribution in [-0.4, -0.2) is 62.8 Å². The van der Waals surface area contributed by atoms with E-state index in [1.54, 1.807) is 0 Å². The van der Waals surface area contributed by atoms with Gasteiger partial charge in [0.25, 0.3) is 0 Å². The first-order valence-corrected chi connectivity index (χ1v) is 16.0. The highest BCUT2D eigenvalue weighted by molar-refractivity contribution is 6.33. The lowest BCUT2D eigenvalue weighted by Crippen LogP contribution is -2.13. The van der Waals surface area contributed by atoms with Crippen molar-refractivity contribution < 1.29 is 23.7 Å². The molecule has 0 radical (unpaired) electrons. The van der Waals surface area contributed by atoms with E-state index in [-0.39, 0.29) is 10.8 Å². The number of fused-ring (bicyclic) bond motifs is 5. The molecule has 0 spiro atoms. The number of rotatable bonds is 0. The molecule has 0 saturated carbocycles. The summed E-state index contributed by atoms with van der Waals surface area (Å²) in [6.45, 7) is 17.3. The van der Waals surface area contributed by atoms with Crippen molar-refractivity contribution >= 4 is 54.4 Å². The Morgan fingerprint density at radius 3 is 1.24 bits per heavy atom. The summed E-state index contributed by atoms with van der Waals surface area (Å²) >= 11 is 0. The number of hydrogen-bond donors (Lipinski definition) is 0. The van der Waals surface area contributed by atoms with Gasteiger partial charge in [-0.15, -0.1) is 0 Å². The van der Waals surface area contributed by atoms with Crippen LogP contribution in [0.4, 0.5) is 0 Å². The van der Waals surface area contributed by atoms with Gasteiger partial charge in [-0.3, -0.25) is 0 Å². The van der Waals surface area contributed by atoms with Crippen LogP contribution in [0.3, 0.4) is 0 Å². The summed E-state index contributed by atoms with van der Waals surface area (Å²) in [5.41, 5.74) is 5.83. The summed E-state index contributed by atoms with van der Waals surface area (Å²) in [6.07, 6.45) is 0. The zero-order valence-electron chi connectivity index (χ0n) is 27.2. The van der Waals surface area contributed by atoms with Crippen LogP contribution in [0.5, 0.6) is 11.5 Å². The van der Waals surface area contributed by atoms with E-state index in [4.69, 9.17) is 33.7 Å². The van der Waals surface area contributed by atoms with Crippen LogP contribution in [0.2, 0.25) is 0 Å². The second-order valence-corrected chi connectivity index (χ2v) is 14.1. The average Bonchev–Trinajstić information content (AvgIpc) is 3.01. The van der Waals surface area contributed by atoms with Crippen LogP contribution < -0.4 is 9.47 Å². The molecule has 1 aliphatic heterocycles. The molecule has 0 fully saturated rings. The highest BCUT2D eigenvalue weighted by atomic mass is 16.6. The number of hydrogen-bond acceptors (Lipinski definition) is 7. The Kier molecular flexibility index (Phi) is 7.67. The molecule has 234 valence electrons. The van der Waals surface area contributed by atoms with Gasteiger partial charge in [0.1, 0.15) is 13.2 Å². The molecule has 0 unspecified atom stereocenters. The smallest absolute Gasteiger partial charge is 0.163 e. The third-order valence-electron chi connectivity index (χ3n) is 8.72. The van der Waals surface area contributed by atoms with E-state index in [1.165, 1.54) is 32.7 Å². The molecule has 1 aromatic heterocycles. The fourth-order valence-electron chi connectivity index (χ4n) is 6.20. The van der Waals surface area contributed by atoms with E-state index in [2.05, 4.69) is 77.9 Å². The molecule has 7 rings (SSSR count). The Morgan fingerprint density at radius 2 is 0.867 bits per heavy atom. The van der Waals surface area contributed by atoms with Crippen LogP contribution in [0.1, 0.15) is 52.7 Å². The van der Waals surface area contributed by atoms with Crippen LogP contribution in [0.25, 0.3) is 54.4 Å². The molecule has 2 heterocycles. The fraction of sp³-hybridized carbons (Fsp3) is 0.421. The van der Waals surface area contributed by atoms with E-state index in [0.717, 1.165) is 32.8 Å². The van der Waals surface area contributed by atoms with Crippen molar-refractivity contribution in [2.24, 2.45) is 0 Å². The van der Waals surface area contributed by atoms with Crippen molar-refractivity contribution in [3.05, 3.63) is 59.7 Å². The lowest BCUT2D eigenvalue weighted by Gasteiger charge is -2.24. The van der Waals surface area contributed by atoms with Gasteiger partial charge in [-0.2, -0.15) is 0 Å². The van der Waals surface area contributed by atoms with Gasteiger partial charge in [0.15, 0.2) is 11.5 Å². The summed E-state index contributed by atoms with van der Waals surface area (Å²) in [5.74, 6) is 1.24. The predicted molar refractivity (Wildman–Crippen MR) is 182 cm³/mol. The second-order valence-electron chi connectivity index (χ2n) is 14.1. The predicted octanol–water partition coefficient (Wildman–Crippen LogP) is 8.10. The minimum absolute atomic E-state index is 0.0227. The molecule has 45 heavy (non-hydrogen) atoms. The Labute approximate surface area is 264 Å². The Hall–Kier alpha value is -3.78. The number of ether oxygens (including phenoxy) is 5. The maximum Gasteiger partial charge on any atom is 0.163 e. The molecule has 0 N–H and O–H groups in total. The standard InChI is InChI=1S/C38H42N2O5/c1-37(2,3)25-17-23-7-8-24-18-26(38(4,5)6)20-28-34(24)33(23)27(19-25)35-36(28)40-30-22-32-31(21-29(30)39-35)44-15-13-42-11-9-41-10-12-43-14-16-45-32/h7-8,17-22H,9-16H2,1-6H3. The maximum atomic E-state index is 6.19. The zero-order chi connectivity index (χ0) is 31.3. The monoisotopic (exact) mass is 606 g/mol. The van der Waals surface area contributed by atoms with Crippen molar-refractivity contribution in [2.75, 3.05) is 52.9 Å². The first-order chi connectivity index (χ1) is 21.6. The molecule has 5 aromatic carbocycles. The van der Waals surface area contributed by atoms with Crippen molar-refractivity contribution in [3.8, 4) is 11.5 Å². The first-order valence-electron chi connectivity index (χ1n) is 16.0. The maximum absolute atomic E-state index is 6.19. The third kappa shape index (κ3) is 5.73. The Bertz CT molecular complexity index is 1880. The van der Waals surface area contributed by atoms with Crippen molar-refractivity contribution in [1.29, 1.82) is 0 Å². The van der Waals surface area contributed by atoms with Gasteiger partial charge >= 0.3 is 0 Å². The quantitative estimate of drug-likeness (QED) is 0.128. The molecule has 1 aliphatic rings. The summed E-state index contributed by atoms with van der Waals surface area (Å²) in [7, 11) is 0. The third-order valence-corrected chi connectivity index (χ3v) is 8.72. The molecule has 7 heteroatoms. The molecule has 0 bridgehead atoms. The molecular formula is C38H42N2O5. The largest absolute Gasteiger partial charge is 0.487 e. The normalized spacial score (nSPS) is 16.5. The molecule has 0 saturated heterocycles. The van der Waals surface area contributed by atoms with Gasteiger partial charge in [-0.1, -0.05) is 65.8 Å². The molecule has 6 aromatic rings. The van der Waals surface area contributed by atoms with E-state index in [0.29, 0.717) is 64.4 Å². The Balaban J connectivity index is 1.49. The van der Waals surface area contributed by atoms with Gasteiger partial charge in [-0.05, 0) is 55.6 Å². The van der Waals surface area contributed by atoms with Gasteiger partial charge in [0.05, 0.1) is 61.7 Å². The number of aromatic nitrogens is 2. The van der Waals surface area contributed by atoms with Gasteiger partial charge in [-0.25, -0.2) is 9.97 Å². The summed E-state index contributed by atoms with van der Waals surface area (Å²) < 4.78 is 29.3. The van der Waals surface area contributed by atoms with Crippen molar-refractivity contribution in [3.63, 3.8) is 0 Å². The zero-order valence-corrected chi connectivity index (χ0v) is 27.2. The molecular weight excluding hydrogens is 564 g/mol. The highest BCUT2D eigenvalue weighted by Gasteiger charge is 2.24. The topological polar surface area (TPSA) is 71.9 Å². The van der Waals surface area contributed by atoms with Gasteiger partial charge in [0, 0.05) is 22.9 Å². The van der Waals surface area contributed by atoms with E-state index >= 15 is 0 Å². The van der Waals surface area contributed by atoms with Crippen LogP contribution in [-0.2, 0) is 25.0 Å². The van der Waals surface area contributed by atoms with Crippen LogP contribution >= 0.6 is 0 Å². The Morgan fingerprint density at radius 1 is 0.489 bits per heavy atom. The SMILES string of the molecule is CC(C)(C)c1cc2ccc3cc(C(C)(C)C)cc4c5nc6cc7c(cc6nc5c(c1)c2c34)OCCOCCOCCOCCO7. The van der Waals surface area contributed by atoms with Crippen LogP contribution in [0, 0.1) is 0 Å². The molecule has 0 aliphatic carbocycles. The summed E-state index contributed by atoms with van der Waals surface area (Å²) in [5, 5.41) is 7.20. The lowest BCUT2D eigenvalue weighted by atomic mass is 9.80. The second kappa shape index (κ2) is 11.5. The molecule has 0 amide bonds. The fourth-order valence-corrected chi connectivity index (χ4v) is 6.20. The van der Waals surface area contributed by atoms with Crippen molar-refractivity contribution in [2.45, 2.75) is 52.4 Å². The number of benzene rings is 5. The number of nitrogens with zero attached hydrogens (tertiary/aromatic N) is 2. The van der Waals surface area contributed by atoms with Crippen LogP contribution in [0.15, 0.2) is 48.5 Å².